The highest BCUT2D eigenvalue weighted by molar-refractivity contribution is 8.00. The van der Waals surface area contributed by atoms with Crippen LogP contribution in [0, 0.1) is 0 Å². The minimum atomic E-state index is -0.599. The zero-order valence-electron chi connectivity index (χ0n) is 15.5. The molecule has 0 spiro atoms. The Morgan fingerprint density at radius 3 is 2.69 bits per heavy atom. The van der Waals surface area contributed by atoms with Gasteiger partial charge in [-0.25, -0.2) is 4.98 Å². The molecule has 9 heteroatoms. The molecule has 0 bridgehead atoms. The van der Waals surface area contributed by atoms with Crippen LogP contribution >= 0.6 is 11.8 Å². The van der Waals surface area contributed by atoms with Crippen LogP contribution in [0.25, 0.3) is 22.1 Å². The van der Waals surface area contributed by atoms with E-state index in [1.807, 2.05) is 31.2 Å². The van der Waals surface area contributed by atoms with Gasteiger partial charge in [-0.2, -0.15) is 0 Å². The monoisotopic (exact) mass is 406 g/mol. The number of H-pyrrole nitrogens is 1. The van der Waals surface area contributed by atoms with Gasteiger partial charge in [0.25, 0.3) is 5.91 Å². The van der Waals surface area contributed by atoms with Gasteiger partial charge < -0.3 is 16.0 Å². The van der Waals surface area contributed by atoms with E-state index in [9.17, 15) is 9.59 Å². The van der Waals surface area contributed by atoms with Crippen LogP contribution in [0.5, 0.6) is 0 Å². The number of aromatic nitrogens is 4. The number of hydrogen-bond acceptors (Lipinski definition) is 6. The van der Waals surface area contributed by atoms with Crippen molar-refractivity contribution in [2.75, 3.05) is 5.32 Å². The number of rotatable bonds is 6. The van der Waals surface area contributed by atoms with Crippen molar-refractivity contribution >= 4 is 51.3 Å². The molecular formula is C20H18N6O2S. The lowest BCUT2D eigenvalue weighted by Gasteiger charge is -2.15. The number of nitrogens with zero attached hydrogens (tertiary/aromatic N) is 3. The van der Waals surface area contributed by atoms with Crippen LogP contribution < -0.4 is 11.1 Å². The summed E-state index contributed by atoms with van der Waals surface area (Å²) in [7, 11) is 0. The Kier molecular flexibility index (Phi) is 5.13. The maximum absolute atomic E-state index is 12.8. The number of nitrogens with two attached hydrogens (primary N) is 1. The third-order valence-electron chi connectivity index (χ3n) is 4.46. The summed E-state index contributed by atoms with van der Waals surface area (Å²) < 4.78 is 0. The predicted octanol–water partition coefficient (Wildman–Crippen LogP) is 3.11. The molecule has 1 unspecified atom stereocenters. The first-order chi connectivity index (χ1) is 14.1. The Labute approximate surface area is 170 Å². The van der Waals surface area contributed by atoms with Crippen molar-refractivity contribution in [3.63, 3.8) is 0 Å². The molecule has 0 saturated carbocycles. The van der Waals surface area contributed by atoms with Crippen LogP contribution in [-0.4, -0.2) is 37.2 Å². The molecule has 146 valence electrons. The number of para-hydroxylation sites is 2. The average molecular weight is 406 g/mol. The van der Waals surface area contributed by atoms with Gasteiger partial charge in [0.2, 0.25) is 11.1 Å². The van der Waals surface area contributed by atoms with Gasteiger partial charge in [0.1, 0.15) is 5.52 Å². The second-order valence-corrected chi connectivity index (χ2v) is 7.55. The van der Waals surface area contributed by atoms with E-state index in [1.54, 1.807) is 24.3 Å². The maximum atomic E-state index is 12.8. The number of fused-ring (bicyclic) bond motifs is 3. The summed E-state index contributed by atoms with van der Waals surface area (Å²) in [6.07, 6.45) is 0.545. The number of nitrogens with one attached hydrogen (secondary N) is 2. The van der Waals surface area contributed by atoms with Crippen LogP contribution in [0.3, 0.4) is 0 Å². The third-order valence-corrected chi connectivity index (χ3v) is 5.68. The van der Waals surface area contributed by atoms with Crippen LogP contribution in [-0.2, 0) is 4.79 Å². The SMILES string of the molecule is CCC(Sc1nnc2c(n1)[nH]c1ccccc12)C(=O)Nc1ccccc1C(N)=O. The highest BCUT2D eigenvalue weighted by atomic mass is 32.2. The van der Waals surface area contributed by atoms with Gasteiger partial charge in [-0.05, 0) is 24.6 Å². The van der Waals surface area contributed by atoms with Crippen molar-refractivity contribution in [1.82, 2.24) is 20.2 Å². The van der Waals surface area contributed by atoms with Crippen molar-refractivity contribution in [3.8, 4) is 0 Å². The molecule has 4 aromatic rings. The van der Waals surface area contributed by atoms with Crippen molar-refractivity contribution in [2.45, 2.75) is 23.8 Å². The summed E-state index contributed by atoms with van der Waals surface area (Å²) in [6.45, 7) is 1.89. The minimum absolute atomic E-state index is 0.258. The van der Waals surface area contributed by atoms with Crippen molar-refractivity contribution in [1.29, 1.82) is 0 Å². The zero-order chi connectivity index (χ0) is 20.4. The van der Waals surface area contributed by atoms with Gasteiger partial charge >= 0.3 is 0 Å². The van der Waals surface area contributed by atoms with E-state index in [-0.39, 0.29) is 11.5 Å². The normalized spacial score (nSPS) is 12.2. The molecule has 0 saturated heterocycles. The molecule has 2 amide bonds. The number of benzene rings is 2. The molecule has 0 aliphatic heterocycles. The maximum Gasteiger partial charge on any atom is 0.250 e. The molecule has 4 rings (SSSR count). The van der Waals surface area contributed by atoms with E-state index < -0.39 is 11.2 Å². The summed E-state index contributed by atoms with van der Waals surface area (Å²) in [4.78, 5) is 32.1. The first kappa shape index (κ1) is 18.9. The Morgan fingerprint density at radius 1 is 1.14 bits per heavy atom. The highest BCUT2D eigenvalue weighted by Gasteiger charge is 2.22. The Bertz CT molecular complexity index is 1220. The summed E-state index contributed by atoms with van der Waals surface area (Å²) >= 11 is 1.22. The topological polar surface area (TPSA) is 127 Å². The van der Waals surface area contributed by atoms with Crippen molar-refractivity contribution in [2.24, 2.45) is 5.73 Å². The van der Waals surface area contributed by atoms with Crippen LogP contribution in [0.2, 0.25) is 0 Å². The molecule has 0 aliphatic carbocycles. The zero-order valence-corrected chi connectivity index (χ0v) is 16.4. The number of carbonyl (C=O) groups excluding carboxylic acids is 2. The number of aromatic amines is 1. The van der Waals surface area contributed by atoms with Gasteiger partial charge in [0.15, 0.2) is 5.65 Å². The van der Waals surface area contributed by atoms with E-state index in [4.69, 9.17) is 5.73 Å². The molecule has 0 aliphatic rings. The lowest BCUT2D eigenvalue weighted by atomic mass is 10.1. The summed E-state index contributed by atoms with van der Waals surface area (Å²) in [5, 5.41) is 12.1. The molecule has 2 aromatic carbocycles. The highest BCUT2D eigenvalue weighted by Crippen LogP contribution is 2.27. The second-order valence-electron chi connectivity index (χ2n) is 6.38. The predicted molar refractivity (Wildman–Crippen MR) is 113 cm³/mol. The standard InChI is InChI=1S/C20H18N6O2S/c1-2-15(19(28)23-14-10-6-4-8-12(14)17(21)27)29-20-24-18-16(25-26-20)11-7-3-5-9-13(11)22-18/h3-10,15H,2H2,1H3,(H2,21,27)(H,23,28)(H,22,24,26). The first-order valence-electron chi connectivity index (χ1n) is 9.04. The number of thioether (sulfide) groups is 1. The fourth-order valence-corrected chi connectivity index (χ4v) is 3.84. The molecular weight excluding hydrogens is 388 g/mol. The second kappa shape index (κ2) is 7.88. The van der Waals surface area contributed by atoms with Gasteiger partial charge in [0.05, 0.1) is 16.5 Å². The number of hydrogen-bond donors (Lipinski definition) is 3. The minimum Gasteiger partial charge on any atom is -0.366 e. The van der Waals surface area contributed by atoms with Gasteiger partial charge in [0, 0.05) is 10.9 Å². The molecule has 0 radical (unpaired) electrons. The molecule has 8 nitrogen and oxygen atoms in total. The summed E-state index contributed by atoms with van der Waals surface area (Å²) in [6, 6.07) is 14.4. The Morgan fingerprint density at radius 2 is 1.90 bits per heavy atom. The van der Waals surface area contributed by atoms with E-state index in [2.05, 4.69) is 25.5 Å². The van der Waals surface area contributed by atoms with E-state index in [0.29, 0.717) is 28.4 Å². The number of amides is 2. The Hall–Kier alpha value is -3.46. The first-order valence-corrected chi connectivity index (χ1v) is 9.92. The molecule has 2 heterocycles. The van der Waals surface area contributed by atoms with Crippen molar-refractivity contribution in [3.05, 3.63) is 54.1 Å². The summed E-state index contributed by atoms with van der Waals surface area (Å²) in [5.74, 6) is -0.857. The van der Waals surface area contributed by atoms with Crippen LogP contribution in [0.4, 0.5) is 5.69 Å². The largest absolute Gasteiger partial charge is 0.366 e. The van der Waals surface area contributed by atoms with Gasteiger partial charge in [-0.1, -0.05) is 49.0 Å². The smallest absolute Gasteiger partial charge is 0.250 e. The van der Waals surface area contributed by atoms with Crippen molar-refractivity contribution < 1.29 is 9.59 Å². The molecule has 1 atom stereocenters. The van der Waals surface area contributed by atoms with Gasteiger partial charge in [-0.3, -0.25) is 9.59 Å². The quantitative estimate of drug-likeness (QED) is 0.422. The van der Waals surface area contributed by atoms with E-state index >= 15 is 0 Å². The third kappa shape index (κ3) is 3.77. The van der Waals surface area contributed by atoms with Crippen LogP contribution in [0.15, 0.2) is 53.7 Å². The molecule has 29 heavy (non-hydrogen) atoms. The lowest BCUT2D eigenvalue weighted by molar-refractivity contribution is -0.115. The summed E-state index contributed by atoms with van der Waals surface area (Å²) in [5.41, 5.74) is 8.27. The fourth-order valence-electron chi connectivity index (χ4n) is 3.03. The van der Waals surface area contributed by atoms with Gasteiger partial charge in [-0.15, -0.1) is 10.2 Å². The Balaban J connectivity index is 1.56. The van der Waals surface area contributed by atoms with E-state index in [0.717, 1.165) is 10.9 Å². The molecule has 0 fully saturated rings. The lowest BCUT2D eigenvalue weighted by Crippen LogP contribution is -2.26. The number of carbonyl (C=O) groups is 2. The average Bonchev–Trinajstić information content (AvgIpc) is 3.10. The number of anilines is 1. The van der Waals surface area contributed by atoms with Crippen LogP contribution in [0.1, 0.15) is 23.7 Å². The van der Waals surface area contributed by atoms with E-state index in [1.165, 1.54) is 11.8 Å². The fraction of sp³-hybridized carbons (Fsp3) is 0.150. The molecule has 2 aromatic heterocycles. The number of primary amides is 1. The molecule has 4 N–H and O–H groups in total.